The maximum atomic E-state index is 11.9. The highest BCUT2D eigenvalue weighted by atomic mass is 16.1. The van der Waals surface area contributed by atoms with E-state index >= 15 is 0 Å². The van der Waals surface area contributed by atoms with Gasteiger partial charge in [0.05, 0.1) is 5.69 Å². The standard InChI is InChI=1S/C15H14N4O/c20-15-8-13(18-14-5-1-2-7-19(14)15)11-17-10-12-4-3-6-16-9-12/h1-9,17H,10-11H2. The number of hydrogen-bond acceptors (Lipinski definition) is 4. The van der Waals surface area contributed by atoms with Crippen LogP contribution in [-0.4, -0.2) is 14.4 Å². The van der Waals surface area contributed by atoms with Crippen LogP contribution in [-0.2, 0) is 13.1 Å². The van der Waals surface area contributed by atoms with Crippen molar-refractivity contribution in [1.29, 1.82) is 0 Å². The van der Waals surface area contributed by atoms with Crippen molar-refractivity contribution in [1.82, 2.24) is 19.7 Å². The summed E-state index contributed by atoms with van der Waals surface area (Å²) >= 11 is 0. The second-order valence-corrected chi connectivity index (χ2v) is 4.48. The summed E-state index contributed by atoms with van der Waals surface area (Å²) < 4.78 is 1.53. The highest BCUT2D eigenvalue weighted by Gasteiger charge is 2.01. The van der Waals surface area contributed by atoms with E-state index in [0.717, 1.165) is 11.3 Å². The SMILES string of the molecule is O=c1cc(CNCc2cccnc2)nc2ccccn12. The first-order valence-corrected chi connectivity index (χ1v) is 6.40. The Morgan fingerprint density at radius 3 is 2.95 bits per heavy atom. The molecule has 0 spiro atoms. The summed E-state index contributed by atoms with van der Waals surface area (Å²) in [5.41, 5.74) is 2.45. The van der Waals surface area contributed by atoms with Crippen LogP contribution in [0.15, 0.2) is 59.8 Å². The Bertz CT molecular complexity index is 767. The lowest BCUT2D eigenvalue weighted by Gasteiger charge is -2.05. The topological polar surface area (TPSA) is 59.3 Å². The molecule has 100 valence electrons. The number of fused-ring (bicyclic) bond motifs is 1. The van der Waals surface area contributed by atoms with Crippen LogP contribution in [0.4, 0.5) is 0 Å². The summed E-state index contributed by atoms with van der Waals surface area (Å²) in [7, 11) is 0. The molecule has 0 bridgehead atoms. The van der Waals surface area contributed by atoms with Crippen molar-refractivity contribution in [3.63, 3.8) is 0 Å². The van der Waals surface area contributed by atoms with E-state index in [2.05, 4.69) is 15.3 Å². The van der Waals surface area contributed by atoms with Gasteiger partial charge in [0.15, 0.2) is 0 Å². The fourth-order valence-electron chi connectivity index (χ4n) is 2.03. The van der Waals surface area contributed by atoms with Gasteiger partial charge in [-0.2, -0.15) is 0 Å². The Labute approximate surface area is 115 Å². The third-order valence-electron chi connectivity index (χ3n) is 2.98. The van der Waals surface area contributed by atoms with Crippen LogP contribution in [0.1, 0.15) is 11.3 Å². The second kappa shape index (κ2) is 5.63. The van der Waals surface area contributed by atoms with Gasteiger partial charge in [0.25, 0.3) is 5.56 Å². The van der Waals surface area contributed by atoms with Crippen LogP contribution in [0.2, 0.25) is 0 Å². The fourth-order valence-corrected chi connectivity index (χ4v) is 2.03. The highest BCUT2D eigenvalue weighted by molar-refractivity contribution is 5.37. The maximum absolute atomic E-state index is 11.9. The minimum atomic E-state index is -0.0613. The van der Waals surface area contributed by atoms with Crippen molar-refractivity contribution in [2.45, 2.75) is 13.1 Å². The lowest BCUT2D eigenvalue weighted by Crippen LogP contribution is -2.19. The summed E-state index contributed by atoms with van der Waals surface area (Å²) in [4.78, 5) is 20.4. The van der Waals surface area contributed by atoms with Gasteiger partial charge >= 0.3 is 0 Å². The molecule has 0 saturated carbocycles. The van der Waals surface area contributed by atoms with Crippen molar-refractivity contribution in [2.24, 2.45) is 0 Å². The molecule has 0 aliphatic carbocycles. The third kappa shape index (κ3) is 2.73. The van der Waals surface area contributed by atoms with Gasteiger partial charge in [0, 0.05) is 37.7 Å². The molecule has 1 N–H and O–H groups in total. The Hall–Kier alpha value is -2.53. The summed E-state index contributed by atoms with van der Waals surface area (Å²) in [5.74, 6) is 0. The van der Waals surface area contributed by atoms with E-state index in [9.17, 15) is 4.79 Å². The Morgan fingerprint density at radius 2 is 2.10 bits per heavy atom. The summed E-state index contributed by atoms with van der Waals surface area (Å²) in [6.45, 7) is 1.25. The Balaban J connectivity index is 1.73. The molecule has 0 unspecified atom stereocenters. The van der Waals surface area contributed by atoms with E-state index in [4.69, 9.17) is 0 Å². The molecule has 3 aromatic heterocycles. The molecule has 20 heavy (non-hydrogen) atoms. The Kier molecular flexibility index (Phi) is 3.52. The molecule has 3 aromatic rings. The average Bonchev–Trinajstić information content (AvgIpc) is 2.48. The molecular weight excluding hydrogens is 252 g/mol. The monoisotopic (exact) mass is 266 g/mol. The van der Waals surface area contributed by atoms with Crippen LogP contribution in [0.25, 0.3) is 5.65 Å². The molecule has 0 amide bonds. The van der Waals surface area contributed by atoms with Gasteiger partial charge < -0.3 is 5.32 Å². The molecule has 0 atom stereocenters. The molecule has 3 heterocycles. The summed E-state index contributed by atoms with van der Waals surface area (Å²) in [6.07, 6.45) is 5.28. The van der Waals surface area contributed by atoms with Gasteiger partial charge in [-0.1, -0.05) is 12.1 Å². The van der Waals surface area contributed by atoms with Crippen LogP contribution in [0.3, 0.4) is 0 Å². The molecule has 0 aliphatic rings. The summed E-state index contributed by atoms with van der Waals surface area (Å²) in [6, 6.07) is 11.0. The molecule has 3 rings (SSSR count). The van der Waals surface area contributed by atoms with Crippen molar-refractivity contribution < 1.29 is 0 Å². The van der Waals surface area contributed by atoms with Gasteiger partial charge in [-0.15, -0.1) is 0 Å². The second-order valence-electron chi connectivity index (χ2n) is 4.48. The lowest BCUT2D eigenvalue weighted by molar-refractivity contribution is 0.676. The van der Waals surface area contributed by atoms with Crippen molar-refractivity contribution in [2.75, 3.05) is 0 Å². The highest BCUT2D eigenvalue weighted by Crippen LogP contribution is 2.00. The molecule has 5 heteroatoms. The lowest BCUT2D eigenvalue weighted by atomic mass is 10.3. The van der Waals surface area contributed by atoms with E-state index in [1.165, 1.54) is 4.40 Å². The van der Waals surface area contributed by atoms with E-state index < -0.39 is 0 Å². The van der Waals surface area contributed by atoms with E-state index in [1.807, 2.05) is 36.5 Å². The summed E-state index contributed by atoms with van der Waals surface area (Å²) in [5, 5.41) is 3.26. The van der Waals surface area contributed by atoms with Crippen LogP contribution in [0, 0.1) is 0 Å². The Morgan fingerprint density at radius 1 is 1.15 bits per heavy atom. The van der Waals surface area contributed by atoms with E-state index in [0.29, 0.717) is 18.7 Å². The van der Waals surface area contributed by atoms with Crippen LogP contribution >= 0.6 is 0 Å². The number of aromatic nitrogens is 3. The minimum absolute atomic E-state index is 0.0613. The van der Waals surface area contributed by atoms with E-state index in [1.54, 1.807) is 18.5 Å². The van der Waals surface area contributed by atoms with Gasteiger partial charge in [0.2, 0.25) is 0 Å². The molecule has 0 aromatic carbocycles. The molecule has 5 nitrogen and oxygen atoms in total. The minimum Gasteiger partial charge on any atom is -0.307 e. The van der Waals surface area contributed by atoms with Gasteiger partial charge in [-0.25, -0.2) is 4.98 Å². The maximum Gasteiger partial charge on any atom is 0.258 e. The first-order chi connectivity index (χ1) is 9.83. The van der Waals surface area contributed by atoms with Crippen LogP contribution < -0.4 is 10.9 Å². The quantitative estimate of drug-likeness (QED) is 0.775. The largest absolute Gasteiger partial charge is 0.307 e. The third-order valence-corrected chi connectivity index (χ3v) is 2.98. The molecule has 0 fully saturated rings. The predicted molar refractivity (Wildman–Crippen MR) is 76.2 cm³/mol. The molecule has 0 saturated heterocycles. The fraction of sp³-hybridized carbons (Fsp3) is 0.133. The molecule has 0 radical (unpaired) electrons. The number of nitrogens with zero attached hydrogens (tertiary/aromatic N) is 3. The zero-order chi connectivity index (χ0) is 13.8. The predicted octanol–water partition coefficient (Wildman–Crippen LogP) is 1.38. The molecular formula is C15H14N4O. The van der Waals surface area contributed by atoms with Gasteiger partial charge in [-0.05, 0) is 23.8 Å². The van der Waals surface area contributed by atoms with E-state index in [-0.39, 0.29) is 5.56 Å². The normalized spacial score (nSPS) is 10.8. The number of pyridine rings is 2. The van der Waals surface area contributed by atoms with Gasteiger partial charge in [-0.3, -0.25) is 14.2 Å². The van der Waals surface area contributed by atoms with Gasteiger partial charge in [0.1, 0.15) is 5.65 Å². The zero-order valence-corrected chi connectivity index (χ0v) is 10.9. The average molecular weight is 266 g/mol. The molecule has 0 aliphatic heterocycles. The smallest absolute Gasteiger partial charge is 0.258 e. The zero-order valence-electron chi connectivity index (χ0n) is 10.9. The van der Waals surface area contributed by atoms with Crippen molar-refractivity contribution in [3.8, 4) is 0 Å². The van der Waals surface area contributed by atoms with Crippen LogP contribution in [0.5, 0.6) is 0 Å². The first-order valence-electron chi connectivity index (χ1n) is 6.40. The number of nitrogens with one attached hydrogen (secondary N) is 1. The van der Waals surface area contributed by atoms with Crippen molar-refractivity contribution in [3.05, 3.63) is 76.6 Å². The number of hydrogen-bond donors (Lipinski definition) is 1. The first kappa shape index (κ1) is 12.5. The van der Waals surface area contributed by atoms with Crippen molar-refractivity contribution >= 4 is 5.65 Å². The number of rotatable bonds is 4.